The van der Waals surface area contributed by atoms with Gasteiger partial charge in [0, 0.05) is 24.2 Å². The summed E-state index contributed by atoms with van der Waals surface area (Å²) in [6.45, 7) is 4.39. The fraction of sp³-hybridized carbons (Fsp3) is 0.636. The summed E-state index contributed by atoms with van der Waals surface area (Å²) in [7, 11) is 0. The molecule has 3 amide bonds. The van der Waals surface area contributed by atoms with Crippen LogP contribution in [0.1, 0.15) is 56.1 Å². The number of rotatable bonds is 5. The molecule has 3 N–H and O–H groups in total. The van der Waals surface area contributed by atoms with Crippen molar-refractivity contribution in [2.75, 3.05) is 11.9 Å². The molecule has 146 valence electrons. The van der Waals surface area contributed by atoms with Crippen LogP contribution in [0.3, 0.4) is 0 Å². The van der Waals surface area contributed by atoms with Gasteiger partial charge in [-0.3, -0.25) is 4.79 Å². The highest BCUT2D eigenvalue weighted by Crippen LogP contribution is 2.55. The maximum Gasteiger partial charge on any atom is 0.315 e. The van der Waals surface area contributed by atoms with Gasteiger partial charge in [0.15, 0.2) is 0 Å². The van der Waals surface area contributed by atoms with Crippen molar-refractivity contribution in [3.63, 3.8) is 0 Å². The van der Waals surface area contributed by atoms with Gasteiger partial charge in [0.1, 0.15) is 0 Å². The highest BCUT2D eigenvalue weighted by atomic mass is 16.2. The molecule has 0 aromatic heterocycles. The molecule has 27 heavy (non-hydrogen) atoms. The Kier molecular flexibility index (Phi) is 4.87. The topological polar surface area (TPSA) is 70.2 Å². The molecule has 0 unspecified atom stereocenters. The average Bonchev–Trinajstić information content (AvgIpc) is 2.57. The number of hydrogen-bond acceptors (Lipinski definition) is 2. The lowest BCUT2D eigenvalue weighted by molar-refractivity contribution is -0.116. The summed E-state index contributed by atoms with van der Waals surface area (Å²) >= 11 is 0. The van der Waals surface area contributed by atoms with Crippen molar-refractivity contribution in [1.29, 1.82) is 0 Å². The Morgan fingerprint density at radius 2 is 1.67 bits per heavy atom. The average molecular weight is 370 g/mol. The van der Waals surface area contributed by atoms with E-state index in [0.717, 1.165) is 53.8 Å². The Hall–Kier alpha value is -2.04. The lowest BCUT2D eigenvalue weighted by atomic mass is 9.53. The Bertz CT molecular complexity index is 708. The Balaban J connectivity index is 1.23. The van der Waals surface area contributed by atoms with E-state index in [4.69, 9.17) is 0 Å². The van der Waals surface area contributed by atoms with E-state index in [9.17, 15) is 9.59 Å². The zero-order valence-corrected chi connectivity index (χ0v) is 16.4. The summed E-state index contributed by atoms with van der Waals surface area (Å²) in [6, 6.07) is 5.76. The van der Waals surface area contributed by atoms with Crippen LogP contribution in [0.15, 0.2) is 18.2 Å². The van der Waals surface area contributed by atoms with E-state index >= 15 is 0 Å². The van der Waals surface area contributed by atoms with Gasteiger partial charge in [-0.05, 0) is 87.3 Å². The molecule has 4 bridgehead atoms. The lowest BCUT2D eigenvalue weighted by Gasteiger charge is -2.56. The van der Waals surface area contributed by atoms with Gasteiger partial charge in [0.2, 0.25) is 5.91 Å². The summed E-state index contributed by atoms with van der Waals surface area (Å²) in [5.74, 6) is 2.35. The minimum atomic E-state index is -0.114. The molecular formula is C22H31N3O2. The summed E-state index contributed by atoms with van der Waals surface area (Å²) in [5, 5.41) is 9.11. The standard InChI is InChI=1S/C22H31N3O2/c1-14-4-3-5-19(15(14)2)24-20(26)6-7-23-21(27)25-22-11-16-8-17(12-22)10-18(9-16)13-22/h3-5,16-18H,6-13H2,1-2H3,(H,24,26)(H2,23,25,27). The van der Waals surface area contributed by atoms with E-state index in [1.807, 2.05) is 32.0 Å². The number of urea groups is 1. The number of benzene rings is 1. The summed E-state index contributed by atoms with van der Waals surface area (Å²) in [6.07, 6.45) is 7.78. The van der Waals surface area contributed by atoms with Gasteiger partial charge >= 0.3 is 6.03 Å². The van der Waals surface area contributed by atoms with Crippen molar-refractivity contribution < 1.29 is 9.59 Å². The van der Waals surface area contributed by atoms with Crippen LogP contribution in [0.25, 0.3) is 0 Å². The second-order valence-electron chi connectivity index (χ2n) is 9.12. The van der Waals surface area contributed by atoms with Crippen LogP contribution >= 0.6 is 0 Å². The third-order valence-electron chi connectivity index (χ3n) is 6.93. The van der Waals surface area contributed by atoms with Crippen LogP contribution < -0.4 is 16.0 Å². The highest BCUT2D eigenvalue weighted by molar-refractivity contribution is 5.92. The number of anilines is 1. The molecule has 5 heteroatoms. The van der Waals surface area contributed by atoms with E-state index in [-0.39, 0.29) is 23.9 Å². The summed E-state index contributed by atoms with van der Waals surface area (Å²) in [5.41, 5.74) is 3.09. The van der Waals surface area contributed by atoms with E-state index in [1.165, 1.54) is 19.3 Å². The van der Waals surface area contributed by atoms with Crippen molar-refractivity contribution in [2.24, 2.45) is 17.8 Å². The van der Waals surface area contributed by atoms with Crippen molar-refractivity contribution in [3.05, 3.63) is 29.3 Å². The van der Waals surface area contributed by atoms with E-state index < -0.39 is 0 Å². The zero-order valence-electron chi connectivity index (χ0n) is 16.4. The molecule has 1 aromatic rings. The molecule has 0 heterocycles. The van der Waals surface area contributed by atoms with Crippen LogP contribution in [0.5, 0.6) is 0 Å². The smallest absolute Gasteiger partial charge is 0.315 e. The SMILES string of the molecule is Cc1cccc(NC(=O)CCNC(=O)NC23CC4CC(CC(C4)C2)C3)c1C. The van der Waals surface area contributed by atoms with Gasteiger partial charge in [0.25, 0.3) is 0 Å². The van der Waals surface area contributed by atoms with Crippen molar-refractivity contribution in [3.8, 4) is 0 Å². The van der Waals surface area contributed by atoms with Crippen LogP contribution in [-0.4, -0.2) is 24.0 Å². The van der Waals surface area contributed by atoms with Gasteiger partial charge in [-0.25, -0.2) is 4.79 Å². The lowest BCUT2D eigenvalue weighted by Crippen LogP contribution is -2.61. The van der Waals surface area contributed by atoms with Gasteiger partial charge in [-0.15, -0.1) is 0 Å². The molecule has 0 aliphatic heterocycles. The second kappa shape index (κ2) is 7.17. The molecule has 4 aliphatic rings. The first-order chi connectivity index (χ1) is 12.9. The predicted molar refractivity (Wildman–Crippen MR) is 107 cm³/mol. The quantitative estimate of drug-likeness (QED) is 0.737. The van der Waals surface area contributed by atoms with Crippen molar-refractivity contribution >= 4 is 17.6 Å². The minimum absolute atomic E-state index is 0.0137. The number of aryl methyl sites for hydroxylation is 1. The van der Waals surface area contributed by atoms with Gasteiger partial charge in [0.05, 0.1) is 0 Å². The molecule has 4 aliphatic carbocycles. The fourth-order valence-electron chi connectivity index (χ4n) is 5.94. The largest absolute Gasteiger partial charge is 0.338 e. The third kappa shape index (κ3) is 3.97. The molecule has 0 radical (unpaired) electrons. The Morgan fingerprint density at radius 3 is 2.30 bits per heavy atom. The molecule has 1 aromatic carbocycles. The van der Waals surface area contributed by atoms with E-state index in [0.29, 0.717) is 6.54 Å². The zero-order chi connectivity index (χ0) is 19.0. The van der Waals surface area contributed by atoms with Gasteiger partial charge in [-0.1, -0.05) is 12.1 Å². The molecule has 0 spiro atoms. The predicted octanol–water partition coefficient (Wildman–Crippen LogP) is 3.90. The monoisotopic (exact) mass is 369 g/mol. The number of nitrogens with one attached hydrogen (secondary N) is 3. The van der Waals surface area contributed by atoms with Crippen LogP contribution in [0.4, 0.5) is 10.5 Å². The van der Waals surface area contributed by atoms with Crippen LogP contribution in [0.2, 0.25) is 0 Å². The fourth-order valence-corrected chi connectivity index (χ4v) is 5.94. The van der Waals surface area contributed by atoms with E-state index in [1.54, 1.807) is 0 Å². The first kappa shape index (κ1) is 18.3. The van der Waals surface area contributed by atoms with Crippen LogP contribution in [0, 0.1) is 31.6 Å². The third-order valence-corrected chi connectivity index (χ3v) is 6.93. The summed E-state index contributed by atoms with van der Waals surface area (Å²) < 4.78 is 0. The van der Waals surface area contributed by atoms with Gasteiger partial charge in [-0.2, -0.15) is 0 Å². The van der Waals surface area contributed by atoms with Gasteiger partial charge < -0.3 is 16.0 Å². The summed E-state index contributed by atoms with van der Waals surface area (Å²) in [4.78, 5) is 24.6. The maximum atomic E-state index is 12.4. The second-order valence-corrected chi connectivity index (χ2v) is 9.12. The Morgan fingerprint density at radius 1 is 1.04 bits per heavy atom. The number of carbonyl (C=O) groups is 2. The number of hydrogen-bond donors (Lipinski definition) is 3. The van der Waals surface area contributed by atoms with Crippen molar-refractivity contribution in [2.45, 2.75) is 64.3 Å². The molecular weight excluding hydrogens is 338 g/mol. The first-order valence-electron chi connectivity index (χ1n) is 10.3. The van der Waals surface area contributed by atoms with Crippen LogP contribution in [-0.2, 0) is 4.79 Å². The molecule has 4 saturated carbocycles. The van der Waals surface area contributed by atoms with E-state index in [2.05, 4.69) is 16.0 Å². The molecule has 0 atom stereocenters. The highest BCUT2D eigenvalue weighted by Gasteiger charge is 2.51. The Labute approximate surface area is 161 Å². The molecule has 4 fully saturated rings. The molecule has 5 nitrogen and oxygen atoms in total. The minimum Gasteiger partial charge on any atom is -0.338 e. The number of carbonyl (C=O) groups excluding carboxylic acids is 2. The normalized spacial score (nSPS) is 30.8. The number of amides is 3. The molecule has 5 rings (SSSR count). The molecule has 0 saturated heterocycles. The maximum absolute atomic E-state index is 12.4. The first-order valence-corrected chi connectivity index (χ1v) is 10.3. The van der Waals surface area contributed by atoms with Crippen molar-refractivity contribution in [1.82, 2.24) is 10.6 Å².